The smallest absolute Gasteiger partial charge is 0.269 e. The van der Waals surface area contributed by atoms with Crippen LogP contribution in [0.5, 0.6) is 5.75 Å². The minimum absolute atomic E-state index is 0.140. The first kappa shape index (κ1) is 29.4. The highest BCUT2D eigenvalue weighted by Crippen LogP contribution is 2.56. The molecule has 0 aromatic heterocycles. The maximum atomic E-state index is 11.3. The molecule has 2 aliphatic heterocycles. The second-order valence-corrected chi connectivity index (χ2v) is 12.3. The fourth-order valence-corrected chi connectivity index (χ4v) is 6.89. The van der Waals surface area contributed by atoms with Crippen LogP contribution in [0.25, 0.3) is 0 Å². The number of benzene rings is 2. The van der Waals surface area contributed by atoms with Crippen LogP contribution in [0.4, 0.5) is 11.4 Å². The van der Waals surface area contributed by atoms with Gasteiger partial charge in [0.15, 0.2) is 5.72 Å². The minimum Gasteiger partial charge on any atom is -0.467 e. The van der Waals surface area contributed by atoms with Crippen LogP contribution in [0, 0.1) is 10.1 Å². The Bertz CT molecular complexity index is 1080. The Morgan fingerprint density at radius 1 is 0.846 bits per heavy atom. The average molecular weight is 535 g/mol. The lowest BCUT2D eigenvalue weighted by atomic mass is 9.74. The molecule has 1 unspecified atom stereocenters. The van der Waals surface area contributed by atoms with Crippen LogP contribution in [-0.2, 0) is 11.8 Å². The molecular formula is C34H50N2O3. The topological polar surface area (TPSA) is 55.6 Å². The van der Waals surface area contributed by atoms with E-state index < -0.39 is 5.72 Å². The van der Waals surface area contributed by atoms with Gasteiger partial charge in [-0.2, -0.15) is 0 Å². The number of unbranched alkanes of at least 4 members (excludes halogenated alkanes) is 13. The average Bonchev–Trinajstić information content (AvgIpc) is 3.11. The zero-order valence-electron chi connectivity index (χ0n) is 24.7. The van der Waals surface area contributed by atoms with Crippen LogP contribution in [-0.4, -0.2) is 17.2 Å². The van der Waals surface area contributed by atoms with Crippen LogP contribution in [0.1, 0.15) is 128 Å². The Morgan fingerprint density at radius 2 is 1.44 bits per heavy atom. The van der Waals surface area contributed by atoms with Gasteiger partial charge in [-0.25, -0.2) is 0 Å². The number of aryl methyl sites for hydroxylation is 1. The number of hydrogen-bond acceptors (Lipinski definition) is 4. The number of nitro benzene ring substituents is 1. The molecule has 0 bridgehead atoms. The van der Waals surface area contributed by atoms with Crippen LogP contribution in [0.3, 0.4) is 0 Å². The summed E-state index contributed by atoms with van der Waals surface area (Å²) in [5.74, 6) is 0.790. The molecule has 0 saturated heterocycles. The van der Waals surface area contributed by atoms with Crippen molar-refractivity contribution in [3.63, 3.8) is 0 Å². The molecule has 0 N–H and O–H groups in total. The number of rotatable bonds is 16. The van der Waals surface area contributed by atoms with E-state index in [-0.39, 0.29) is 16.0 Å². The molecule has 214 valence electrons. The summed E-state index contributed by atoms with van der Waals surface area (Å²) in [7, 11) is 0. The van der Waals surface area contributed by atoms with Gasteiger partial charge in [-0.15, -0.1) is 0 Å². The summed E-state index contributed by atoms with van der Waals surface area (Å²) in [6, 6.07) is 13.8. The van der Waals surface area contributed by atoms with E-state index in [4.69, 9.17) is 4.74 Å². The third kappa shape index (κ3) is 6.61. The Labute approximate surface area is 236 Å². The molecule has 2 aliphatic rings. The number of ether oxygens (including phenoxy) is 1. The Balaban J connectivity index is 1.28. The predicted molar refractivity (Wildman–Crippen MR) is 162 cm³/mol. The van der Waals surface area contributed by atoms with Crippen LogP contribution >= 0.6 is 0 Å². The summed E-state index contributed by atoms with van der Waals surface area (Å²) < 4.78 is 6.90. The van der Waals surface area contributed by atoms with Gasteiger partial charge >= 0.3 is 0 Å². The maximum Gasteiger partial charge on any atom is 0.269 e. The molecule has 0 fully saturated rings. The van der Waals surface area contributed by atoms with Crippen molar-refractivity contribution >= 4 is 11.4 Å². The van der Waals surface area contributed by atoms with Crippen molar-refractivity contribution < 1.29 is 9.66 Å². The fraction of sp³-hybridized carbons (Fsp3) is 0.647. The number of hydrogen-bond donors (Lipinski definition) is 0. The van der Waals surface area contributed by atoms with Gasteiger partial charge in [0, 0.05) is 36.3 Å². The Morgan fingerprint density at radius 3 is 2.05 bits per heavy atom. The molecule has 5 heteroatoms. The van der Waals surface area contributed by atoms with E-state index in [1.807, 2.05) is 0 Å². The molecule has 2 aromatic carbocycles. The molecule has 1 spiro atoms. The Hall–Kier alpha value is -2.56. The van der Waals surface area contributed by atoms with E-state index >= 15 is 0 Å². The highest BCUT2D eigenvalue weighted by molar-refractivity contribution is 5.66. The summed E-state index contributed by atoms with van der Waals surface area (Å²) in [5, 5.41) is 11.3. The summed E-state index contributed by atoms with van der Waals surface area (Å²) in [6.07, 6.45) is 20.6. The molecule has 2 aromatic rings. The summed E-state index contributed by atoms with van der Waals surface area (Å²) in [6.45, 7) is 7.85. The van der Waals surface area contributed by atoms with Gasteiger partial charge in [0.1, 0.15) is 5.75 Å². The number of para-hydroxylation sites is 1. The molecule has 0 aliphatic carbocycles. The van der Waals surface area contributed by atoms with Crippen molar-refractivity contribution in [3.05, 3.63) is 63.7 Å². The van der Waals surface area contributed by atoms with Crippen molar-refractivity contribution in [2.24, 2.45) is 0 Å². The van der Waals surface area contributed by atoms with Crippen molar-refractivity contribution in [2.75, 3.05) is 11.4 Å². The minimum atomic E-state index is -0.476. The van der Waals surface area contributed by atoms with E-state index in [9.17, 15) is 10.1 Å². The van der Waals surface area contributed by atoms with E-state index in [1.165, 1.54) is 94.7 Å². The highest BCUT2D eigenvalue weighted by atomic mass is 16.6. The van der Waals surface area contributed by atoms with E-state index in [2.05, 4.69) is 49.9 Å². The lowest BCUT2D eigenvalue weighted by Gasteiger charge is -2.50. The van der Waals surface area contributed by atoms with Gasteiger partial charge in [-0.1, -0.05) is 109 Å². The lowest BCUT2D eigenvalue weighted by Crippen LogP contribution is -2.61. The third-order valence-corrected chi connectivity index (χ3v) is 9.28. The molecule has 1 atom stereocenters. The van der Waals surface area contributed by atoms with Gasteiger partial charge in [-0.05, 0) is 44.4 Å². The quantitative estimate of drug-likeness (QED) is 0.122. The van der Waals surface area contributed by atoms with Crippen LogP contribution in [0.2, 0.25) is 0 Å². The second-order valence-electron chi connectivity index (χ2n) is 12.3. The molecule has 4 rings (SSSR count). The second kappa shape index (κ2) is 13.7. The normalized spacial score (nSPS) is 19.1. The molecule has 0 saturated carbocycles. The molecule has 39 heavy (non-hydrogen) atoms. The highest BCUT2D eigenvalue weighted by Gasteiger charge is 2.59. The number of fused-ring (bicyclic) bond motifs is 2. The van der Waals surface area contributed by atoms with Crippen molar-refractivity contribution in [1.82, 2.24) is 0 Å². The SMILES string of the molecule is CCCCCCCCCCCCCCCCN1c2ccccc2C(C)(C)C12CCc1cc([N+](=O)[O-])ccc1O2. The first-order chi connectivity index (χ1) is 18.9. The monoisotopic (exact) mass is 534 g/mol. The first-order valence-corrected chi connectivity index (χ1v) is 15.7. The molecule has 0 radical (unpaired) electrons. The van der Waals surface area contributed by atoms with Crippen molar-refractivity contribution in [3.8, 4) is 5.75 Å². The standard InChI is InChI=1S/C34H50N2O3/c1-4-5-6-7-8-9-10-11-12-13-14-15-16-19-26-35-31-21-18-17-20-30(31)33(2,3)34(35)25-24-28-27-29(36(37)38)22-23-32(28)39-34/h17-18,20-23,27H,4-16,19,24-26H2,1-3H3. The van der Waals surface area contributed by atoms with Crippen LogP contribution in [0.15, 0.2) is 42.5 Å². The summed E-state index contributed by atoms with van der Waals surface area (Å²) in [4.78, 5) is 13.5. The zero-order valence-corrected chi connectivity index (χ0v) is 24.7. The maximum absolute atomic E-state index is 11.3. The van der Waals surface area contributed by atoms with Gasteiger partial charge in [-0.3, -0.25) is 10.1 Å². The first-order valence-electron chi connectivity index (χ1n) is 15.7. The lowest BCUT2D eigenvalue weighted by molar-refractivity contribution is -0.385. The fourth-order valence-electron chi connectivity index (χ4n) is 6.89. The predicted octanol–water partition coefficient (Wildman–Crippen LogP) is 9.90. The largest absolute Gasteiger partial charge is 0.467 e. The van der Waals surface area contributed by atoms with Crippen molar-refractivity contribution in [1.29, 1.82) is 0 Å². The van der Waals surface area contributed by atoms with E-state index in [0.717, 1.165) is 37.1 Å². The molecular weight excluding hydrogens is 484 g/mol. The van der Waals surface area contributed by atoms with E-state index in [1.54, 1.807) is 18.2 Å². The number of nitrogens with zero attached hydrogens (tertiary/aromatic N) is 2. The van der Waals surface area contributed by atoms with Gasteiger partial charge in [0.25, 0.3) is 5.69 Å². The Kier molecular flexibility index (Phi) is 10.3. The number of non-ortho nitro benzene ring substituents is 1. The molecule has 5 nitrogen and oxygen atoms in total. The third-order valence-electron chi connectivity index (χ3n) is 9.28. The van der Waals surface area contributed by atoms with Gasteiger partial charge in [0.05, 0.1) is 10.3 Å². The molecule has 2 heterocycles. The van der Waals surface area contributed by atoms with Crippen LogP contribution < -0.4 is 9.64 Å². The zero-order chi connectivity index (χ0) is 27.7. The van der Waals surface area contributed by atoms with E-state index in [0.29, 0.717) is 0 Å². The number of anilines is 1. The number of nitro groups is 1. The summed E-state index contributed by atoms with van der Waals surface area (Å²) in [5.41, 5.74) is 3.03. The van der Waals surface area contributed by atoms with Gasteiger partial charge < -0.3 is 9.64 Å². The molecule has 0 amide bonds. The van der Waals surface area contributed by atoms with Gasteiger partial charge in [0.2, 0.25) is 0 Å². The van der Waals surface area contributed by atoms with Crippen molar-refractivity contribution in [2.45, 2.75) is 135 Å². The summed E-state index contributed by atoms with van der Waals surface area (Å²) >= 11 is 0.